The Hall–Kier alpha value is -1.26. The fraction of sp³-hybridized carbons (Fsp3) is 0.846. The molecule has 2 unspecified atom stereocenters. The predicted molar refractivity (Wildman–Crippen MR) is 65.1 cm³/mol. The van der Waals surface area contributed by atoms with E-state index in [-0.39, 0.29) is 23.8 Å². The Bertz CT molecular complexity index is 346. The Kier molecular flexibility index (Phi) is 3.25. The summed E-state index contributed by atoms with van der Waals surface area (Å²) in [7, 11) is 0. The molecule has 1 heterocycles. The molecule has 1 amide bonds. The zero-order valence-corrected chi connectivity index (χ0v) is 11.2. The molecule has 102 valence electrons. The Labute approximate surface area is 107 Å². The maximum Gasteiger partial charge on any atom is 0.410 e. The molecule has 18 heavy (non-hydrogen) atoms. The van der Waals surface area contributed by atoms with Gasteiger partial charge in [-0.15, -0.1) is 0 Å². The zero-order valence-electron chi connectivity index (χ0n) is 11.2. The van der Waals surface area contributed by atoms with Crippen LogP contribution in [0.5, 0.6) is 0 Å². The highest BCUT2D eigenvalue weighted by molar-refractivity contribution is 5.73. The lowest BCUT2D eigenvalue weighted by atomic mass is 9.85. The van der Waals surface area contributed by atoms with Gasteiger partial charge in [0.05, 0.1) is 5.92 Å². The normalized spacial score (nSPS) is 31.3. The van der Waals surface area contributed by atoms with Gasteiger partial charge in [0.15, 0.2) is 0 Å². The van der Waals surface area contributed by atoms with Crippen LogP contribution in [0.4, 0.5) is 4.79 Å². The van der Waals surface area contributed by atoms with Crippen LogP contribution in [0.2, 0.25) is 0 Å². The molecule has 5 heteroatoms. The summed E-state index contributed by atoms with van der Waals surface area (Å²) >= 11 is 0. The molecule has 2 fully saturated rings. The molecule has 1 saturated carbocycles. The van der Waals surface area contributed by atoms with E-state index in [1.807, 2.05) is 20.8 Å². The summed E-state index contributed by atoms with van der Waals surface area (Å²) in [6.45, 7) is 6.54. The first-order chi connectivity index (χ1) is 8.28. The van der Waals surface area contributed by atoms with Crippen LogP contribution in [0.15, 0.2) is 0 Å². The summed E-state index contributed by atoms with van der Waals surface area (Å²) in [4.78, 5) is 24.8. The molecule has 5 nitrogen and oxygen atoms in total. The quantitative estimate of drug-likeness (QED) is 0.777. The van der Waals surface area contributed by atoms with E-state index < -0.39 is 11.6 Å². The molecule has 2 atom stereocenters. The third kappa shape index (κ3) is 2.60. The standard InChI is InChI=1S/C13H21NO4/c1-13(2,3)18-12(17)14-6-8-4-5-9(7-14)10(8)11(15)16/h8-10H,4-7H2,1-3H3,(H,15,16). The van der Waals surface area contributed by atoms with Crippen LogP contribution in [0, 0.1) is 17.8 Å². The van der Waals surface area contributed by atoms with Crippen LogP contribution in [0.1, 0.15) is 33.6 Å². The van der Waals surface area contributed by atoms with Gasteiger partial charge in [-0.1, -0.05) is 0 Å². The third-order valence-corrected chi connectivity index (χ3v) is 3.77. The maximum absolute atomic E-state index is 12.0. The molecular weight excluding hydrogens is 234 g/mol. The lowest BCUT2D eigenvalue weighted by molar-refractivity contribution is -0.146. The average Bonchev–Trinajstić information content (AvgIpc) is 2.47. The Morgan fingerprint density at radius 2 is 1.67 bits per heavy atom. The fourth-order valence-electron chi connectivity index (χ4n) is 3.10. The van der Waals surface area contributed by atoms with E-state index in [2.05, 4.69) is 0 Å². The van der Waals surface area contributed by atoms with Crippen LogP contribution in [-0.4, -0.2) is 40.8 Å². The number of likely N-dealkylation sites (tertiary alicyclic amines) is 1. The number of carboxylic acids is 1. The fourth-order valence-corrected chi connectivity index (χ4v) is 3.10. The smallest absolute Gasteiger partial charge is 0.410 e. The number of piperidine rings is 1. The van der Waals surface area contributed by atoms with Crippen molar-refractivity contribution in [3.05, 3.63) is 0 Å². The molecule has 0 aromatic carbocycles. The van der Waals surface area contributed by atoms with Gasteiger partial charge in [-0.05, 0) is 45.4 Å². The summed E-state index contributed by atoms with van der Waals surface area (Å²) in [5.41, 5.74) is -0.500. The largest absolute Gasteiger partial charge is 0.481 e. The SMILES string of the molecule is CC(C)(C)OC(=O)N1CC2CCC(C1)C2C(=O)O. The Balaban J connectivity index is 2.00. The van der Waals surface area contributed by atoms with Crippen molar-refractivity contribution < 1.29 is 19.4 Å². The van der Waals surface area contributed by atoms with E-state index in [1.165, 1.54) is 0 Å². The molecule has 1 N–H and O–H groups in total. The molecular formula is C13H21NO4. The first-order valence-corrected chi connectivity index (χ1v) is 6.48. The first kappa shape index (κ1) is 13.2. The van der Waals surface area contributed by atoms with E-state index in [4.69, 9.17) is 4.74 Å². The van der Waals surface area contributed by atoms with Gasteiger partial charge in [-0.2, -0.15) is 0 Å². The highest BCUT2D eigenvalue weighted by Crippen LogP contribution is 2.42. The molecule has 1 saturated heterocycles. The van der Waals surface area contributed by atoms with Gasteiger partial charge in [0.1, 0.15) is 5.60 Å². The number of carboxylic acid groups (broad SMARTS) is 1. The van der Waals surface area contributed by atoms with Crippen molar-refractivity contribution in [2.75, 3.05) is 13.1 Å². The van der Waals surface area contributed by atoms with Crippen molar-refractivity contribution in [2.24, 2.45) is 17.8 Å². The minimum Gasteiger partial charge on any atom is -0.481 e. The van der Waals surface area contributed by atoms with E-state index in [0.29, 0.717) is 13.1 Å². The van der Waals surface area contributed by atoms with Gasteiger partial charge in [0.2, 0.25) is 0 Å². The van der Waals surface area contributed by atoms with Crippen LogP contribution >= 0.6 is 0 Å². The third-order valence-electron chi connectivity index (χ3n) is 3.77. The monoisotopic (exact) mass is 255 g/mol. The number of fused-ring (bicyclic) bond motifs is 2. The number of aliphatic carboxylic acids is 1. The summed E-state index contributed by atoms with van der Waals surface area (Å²) in [5, 5.41) is 9.20. The van der Waals surface area contributed by atoms with Crippen molar-refractivity contribution in [3.8, 4) is 0 Å². The van der Waals surface area contributed by atoms with Gasteiger partial charge >= 0.3 is 12.1 Å². The number of ether oxygens (including phenoxy) is 1. The molecule has 0 radical (unpaired) electrons. The number of carbonyl (C=O) groups excluding carboxylic acids is 1. The zero-order chi connectivity index (χ0) is 13.5. The van der Waals surface area contributed by atoms with Gasteiger partial charge in [-0.3, -0.25) is 4.79 Å². The molecule has 2 rings (SSSR count). The lowest BCUT2D eigenvalue weighted by Gasteiger charge is -2.36. The maximum atomic E-state index is 12.0. The van der Waals surface area contributed by atoms with E-state index >= 15 is 0 Å². The summed E-state index contributed by atoms with van der Waals surface area (Å²) in [6.07, 6.45) is 1.49. The highest BCUT2D eigenvalue weighted by atomic mass is 16.6. The average molecular weight is 255 g/mol. The summed E-state index contributed by atoms with van der Waals surface area (Å²) < 4.78 is 5.34. The van der Waals surface area contributed by atoms with Crippen LogP contribution in [-0.2, 0) is 9.53 Å². The van der Waals surface area contributed by atoms with Crippen molar-refractivity contribution in [1.29, 1.82) is 0 Å². The van der Waals surface area contributed by atoms with Gasteiger partial charge < -0.3 is 14.7 Å². The number of rotatable bonds is 1. The van der Waals surface area contributed by atoms with Crippen molar-refractivity contribution in [3.63, 3.8) is 0 Å². The van der Waals surface area contributed by atoms with E-state index in [0.717, 1.165) is 12.8 Å². The number of carbonyl (C=O) groups is 2. The Morgan fingerprint density at radius 3 is 2.06 bits per heavy atom. The second kappa shape index (κ2) is 4.44. The van der Waals surface area contributed by atoms with Gasteiger partial charge in [0.25, 0.3) is 0 Å². The molecule has 1 aliphatic heterocycles. The second-order valence-electron chi connectivity index (χ2n) is 6.35. The minimum atomic E-state index is -0.716. The van der Waals surface area contributed by atoms with Crippen molar-refractivity contribution in [2.45, 2.75) is 39.2 Å². The van der Waals surface area contributed by atoms with E-state index in [9.17, 15) is 14.7 Å². The molecule has 0 aromatic rings. The van der Waals surface area contributed by atoms with Crippen molar-refractivity contribution in [1.82, 2.24) is 4.90 Å². The van der Waals surface area contributed by atoms with Crippen LogP contribution in [0.25, 0.3) is 0 Å². The molecule has 2 aliphatic rings. The summed E-state index contributed by atoms with van der Waals surface area (Å²) in [5.74, 6) is -0.808. The number of nitrogens with zero attached hydrogens (tertiary/aromatic N) is 1. The topological polar surface area (TPSA) is 66.8 Å². The molecule has 0 spiro atoms. The van der Waals surface area contributed by atoms with Crippen LogP contribution < -0.4 is 0 Å². The molecule has 1 aliphatic carbocycles. The number of hydrogen-bond donors (Lipinski definition) is 1. The van der Waals surface area contributed by atoms with Crippen molar-refractivity contribution >= 4 is 12.1 Å². The second-order valence-corrected chi connectivity index (χ2v) is 6.35. The van der Waals surface area contributed by atoms with E-state index in [1.54, 1.807) is 4.90 Å². The molecule has 2 bridgehead atoms. The number of amides is 1. The first-order valence-electron chi connectivity index (χ1n) is 6.48. The predicted octanol–water partition coefficient (Wildman–Crippen LogP) is 1.96. The Morgan fingerprint density at radius 1 is 1.17 bits per heavy atom. The highest BCUT2D eigenvalue weighted by Gasteiger charge is 2.47. The minimum absolute atomic E-state index is 0.0915. The molecule has 0 aromatic heterocycles. The van der Waals surface area contributed by atoms with Crippen LogP contribution in [0.3, 0.4) is 0 Å². The van der Waals surface area contributed by atoms with Gasteiger partial charge in [-0.25, -0.2) is 4.79 Å². The number of hydrogen-bond acceptors (Lipinski definition) is 3. The van der Waals surface area contributed by atoms with Gasteiger partial charge in [0, 0.05) is 13.1 Å². The lowest BCUT2D eigenvalue weighted by Crippen LogP contribution is -2.48. The summed E-state index contributed by atoms with van der Waals surface area (Å²) in [6, 6.07) is 0.